The number of thioether (sulfide) groups is 1. The molecule has 0 saturated heterocycles. The van der Waals surface area contributed by atoms with E-state index in [2.05, 4.69) is 44.6 Å². The van der Waals surface area contributed by atoms with Crippen LogP contribution in [0.15, 0.2) is 40.2 Å². The molecule has 1 aromatic carbocycles. The first-order valence-corrected chi connectivity index (χ1v) is 10.6. The fourth-order valence-corrected chi connectivity index (χ4v) is 4.01. The quantitative estimate of drug-likeness (QED) is 0.348. The van der Waals surface area contributed by atoms with Gasteiger partial charge in [0.05, 0.1) is 5.75 Å². The van der Waals surface area contributed by atoms with E-state index in [0.717, 1.165) is 6.54 Å². The zero-order valence-electron chi connectivity index (χ0n) is 14.2. The Balaban J connectivity index is 1.72. The van der Waals surface area contributed by atoms with Gasteiger partial charge in [-0.05, 0) is 31.9 Å². The molecule has 0 amide bonds. The van der Waals surface area contributed by atoms with Crippen LogP contribution in [0.5, 0.6) is 0 Å². The van der Waals surface area contributed by atoms with Crippen molar-refractivity contribution in [3.8, 4) is 0 Å². The Morgan fingerprint density at radius 3 is 2.50 bits per heavy atom. The van der Waals surface area contributed by atoms with Gasteiger partial charge in [-0.15, -0.1) is 11.8 Å². The van der Waals surface area contributed by atoms with Crippen LogP contribution >= 0.6 is 11.8 Å². The molecule has 6 nitrogen and oxygen atoms in total. The van der Waals surface area contributed by atoms with Crippen LogP contribution in [0.3, 0.4) is 0 Å². The fraction of sp³-hybridized carbons (Fsp3) is 0.562. The molecular formula is C16H26N4O2S2. The number of aliphatic imine (C=N–C) groups is 1. The molecule has 1 aliphatic carbocycles. The Labute approximate surface area is 149 Å². The van der Waals surface area contributed by atoms with Crippen LogP contribution in [0.25, 0.3) is 0 Å². The minimum absolute atomic E-state index is 0.0964. The molecule has 0 aromatic heterocycles. The second kappa shape index (κ2) is 8.73. The van der Waals surface area contributed by atoms with Crippen molar-refractivity contribution in [3.05, 3.63) is 30.3 Å². The van der Waals surface area contributed by atoms with Gasteiger partial charge in [-0.3, -0.25) is 4.99 Å². The van der Waals surface area contributed by atoms with Crippen LogP contribution in [-0.2, 0) is 10.0 Å². The SMILES string of the molecule is CCS(=O)(=O)NCCNC(=NC)NCC1(Sc2ccccc2)CC1. The predicted octanol–water partition coefficient (Wildman–Crippen LogP) is 1.42. The Hall–Kier alpha value is -1.25. The normalized spacial score (nSPS) is 16.7. The van der Waals surface area contributed by atoms with Gasteiger partial charge in [0.2, 0.25) is 10.0 Å². The van der Waals surface area contributed by atoms with Crippen molar-refractivity contribution >= 4 is 27.7 Å². The average molecular weight is 371 g/mol. The van der Waals surface area contributed by atoms with Gasteiger partial charge in [0.15, 0.2) is 5.96 Å². The summed E-state index contributed by atoms with van der Waals surface area (Å²) in [5, 5.41) is 6.48. The molecule has 0 bridgehead atoms. The number of nitrogens with zero attached hydrogens (tertiary/aromatic N) is 1. The molecule has 0 radical (unpaired) electrons. The summed E-state index contributed by atoms with van der Waals surface area (Å²) in [5.74, 6) is 0.796. The van der Waals surface area contributed by atoms with E-state index in [1.54, 1.807) is 14.0 Å². The van der Waals surface area contributed by atoms with Crippen LogP contribution in [-0.4, -0.2) is 51.6 Å². The van der Waals surface area contributed by atoms with Crippen LogP contribution in [0.2, 0.25) is 0 Å². The lowest BCUT2D eigenvalue weighted by Crippen LogP contribution is -2.44. The number of sulfonamides is 1. The molecule has 0 unspecified atom stereocenters. The van der Waals surface area contributed by atoms with Gasteiger partial charge < -0.3 is 10.6 Å². The highest BCUT2D eigenvalue weighted by atomic mass is 32.2. The highest BCUT2D eigenvalue weighted by Crippen LogP contribution is 2.51. The first-order valence-electron chi connectivity index (χ1n) is 8.14. The standard InChI is InChI=1S/C16H26N4O2S2/c1-3-24(21,22)20-12-11-18-15(17-2)19-13-16(9-10-16)23-14-7-5-4-6-8-14/h4-8,20H,3,9-13H2,1-2H3,(H2,17,18,19). The smallest absolute Gasteiger partial charge is 0.211 e. The number of hydrogen-bond donors (Lipinski definition) is 3. The fourth-order valence-electron chi connectivity index (χ4n) is 2.15. The third kappa shape index (κ3) is 6.33. The largest absolute Gasteiger partial charge is 0.355 e. The van der Waals surface area contributed by atoms with Gasteiger partial charge in [-0.2, -0.15) is 0 Å². The van der Waals surface area contributed by atoms with E-state index < -0.39 is 10.0 Å². The van der Waals surface area contributed by atoms with Gasteiger partial charge in [0.1, 0.15) is 0 Å². The van der Waals surface area contributed by atoms with Gasteiger partial charge in [-0.1, -0.05) is 18.2 Å². The van der Waals surface area contributed by atoms with Crippen LogP contribution in [0.4, 0.5) is 0 Å². The van der Waals surface area contributed by atoms with E-state index in [9.17, 15) is 8.42 Å². The first kappa shape index (κ1) is 19.1. The third-order valence-electron chi connectivity index (χ3n) is 3.81. The van der Waals surface area contributed by atoms with Gasteiger partial charge >= 0.3 is 0 Å². The summed E-state index contributed by atoms with van der Waals surface area (Å²) in [7, 11) is -1.42. The molecule has 1 aliphatic rings. The van der Waals surface area contributed by atoms with E-state index in [0.29, 0.717) is 19.0 Å². The topological polar surface area (TPSA) is 82.6 Å². The van der Waals surface area contributed by atoms with Crippen LogP contribution in [0, 0.1) is 0 Å². The number of benzene rings is 1. The average Bonchev–Trinajstić information content (AvgIpc) is 3.35. The van der Waals surface area contributed by atoms with Crippen molar-refractivity contribution in [1.82, 2.24) is 15.4 Å². The molecular weight excluding hydrogens is 344 g/mol. The van der Waals surface area contributed by atoms with E-state index in [-0.39, 0.29) is 10.5 Å². The van der Waals surface area contributed by atoms with Crippen LogP contribution < -0.4 is 15.4 Å². The summed E-state index contributed by atoms with van der Waals surface area (Å²) in [6.45, 7) is 3.31. The predicted molar refractivity (Wildman–Crippen MR) is 101 cm³/mol. The molecule has 1 aromatic rings. The molecule has 0 atom stereocenters. The molecule has 1 saturated carbocycles. The van der Waals surface area contributed by atoms with Gasteiger partial charge in [-0.25, -0.2) is 13.1 Å². The lowest BCUT2D eigenvalue weighted by Gasteiger charge is -2.18. The van der Waals surface area contributed by atoms with Gasteiger partial charge in [0, 0.05) is 36.3 Å². The van der Waals surface area contributed by atoms with E-state index in [1.165, 1.54) is 17.7 Å². The second-order valence-corrected chi connectivity index (χ2v) is 9.39. The molecule has 0 heterocycles. The van der Waals surface area contributed by atoms with Crippen molar-refractivity contribution in [1.29, 1.82) is 0 Å². The summed E-state index contributed by atoms with van der Waals surface area (Å²) >= 11 is 1.91. The number of nitrogens with one attached hydrogen (secondary N) is 3. The van der Waals surface area contributed by atoms with E-state index in [4.69, 9.17) is 0 Å². The van der Waals surface area contributed by atoms with Crippen molar-refractivity contribution in [2.24, 2.45) is 4.99 Å². The molecule has 0 aliphatic heterocycles. The third-order valence-corrected chi connectivity index (χ3v) is 6.70. The van der Waals surface area contributed by atoms with Crippen molar-refractivity contribution in [3.63, 3.8) is 0 Å². The summed E-state index contributed by atoms with van der Waals surface area (Å²) in [5.41, 5.74) is 0. The highest BCUT2D eigenvalue weighted by molar-refractivity contribution is 8.01. The second-order valence-electron chi connectivity index (χ2n) is 5.75. The maximum Gasteiger partial charge on any atom is 0.211 e. The minimum Gasteiger partial charge on any atom is -0.355 e. The summed E-state index contributed by atoms with van der Waals surface area (Å²) in [6, 6.07) is 10.4. The monoisotopic (exact) mass is 370 g/mol. The minimum atomic E-state index is -3.14. The molecule has 24 heavy (non-hydrogen) atoms. The Morgan fingerprint density at radius 2 is 1.92 bits per heavy atom. The summed E-state index contributed by atoms with van der Waals surface area (Å²) < 4.78 is 25.5. The van der Waals surface area contributed by atoms with Crippen molar-refractivity contribution < 1.29 is 8.42 Å². The molecule has 1 fully saturated rings. The maximum absolute atomic E-state index is 11.4. The molecule has 134 valence electrons. The molecule has 3 N–H and O–H groups in total. The lowest BCUT2D eigenvalue weighted by atomic mass is 10.4. The zero-order chi connectivity index (χ0) is 17.5. The number of guanidine groups is 1. The van der Waals surface area contributed by atoms with Crippen LogP contribution in [0.1, 0.15) is 19.8 Å². The molecule has 8 heteroatoms. The van der Waals surface area contributed by atoms with E-state index in [1.807, 2.05) is 17.8 Å². The van der Waals surface area contributed by atoms with Crippen molar-refractivity contribution in [2.45, 2.75) is 29.4 Å². The molecule has 0 spiro atoms. The van der Waals surface area contributed by atoms with Gasteiger partial charge in [0.25, 0.3) is 0 Å². The lowest BCUT2D eigenvalue weighted by molar-refractivity contribution is 0.582. The maximum atomic E-state index is 11.4. The Bertz CT molecular complexity index is 643. The summed E-state index contributed by atoms with van der Waals surface area (Å²) in [4.78, 5) is 5.47. The van der Waals surface area contributed by atoms with E-state index >= 15 is 0 Å². The Kier molecular flexibility index (Phi) is 6.94. The first-order chi connectivity index (χ1) is 11.5. The summed E-state index contributed by atoms with van der Waals surface area (Å²) in [6.07, 6.45) is 2.37. The number of hydrogen-bond acceptors (Lipinski definition) is 4. The molecule has 2 rings (SSSR count). The highest BCUT2D eigenvalue weighted by Gasteiger charge is 2.43. The zero-order valence-corrected chi connectivity index (χ0v) is 15.8. The Morgan fingerprint density at radius 1 is 1.21 bits per heavy atom. The van der Waals surface area contributed by atoms with Crippen molar-refractivity contribution in [2.75, 3.05) is 32.4 Å². The number of rotatable bonds is 9.